The molecular weight excluding hydrogens is 593 g/mol. The van der Waals surface area contributed by atoms with Crippen molar-refractivity contribution in [1.82, 2.24) is 0 Å². The Morgan fingerprint density at radius 3 is 2.11 bits per heavy atom. The highest BCUT2D eigenvalue weighted by Gasteiger charge is 2.54. The van der Waals surface area contributed by atoms with Crippen molar-refractivity contribution < 1.29 is 60.1 Å². The quantitative estimate of drug-likeness (QED) is 0.128. The fourth-order valence-electron chi connectivity index (χ4n) is 7.16. The number of aliphatic hydroxyl groups excluding tert-OH is 5. The van der Waals surface area contributed by atoms with Crippen molar-refractivity contribution in [2.75, 3.05) is 6.54 Å². The first-order chi connectivity index (χ1) is 21.8. The van der Waals surface area contributed by atoms with Crippen molar-refractivity contribution in [1.29, 1.82) is 0 Å². The van der Waals surface area contributed by atoms with E-state index in [0.29, 0.717) is 6.42 Å². The number of fused-ring (bicyclic) bond motifs is 1. The summed E-state index contributed by atoms with van der Waals surface area (Å²) in [5.41, 5.74) is 18.3. The molecule has 45 heavy (non-hydrogen) atoms. The molecule has 5 aliphatic rings. The summed E-state index contributed by atoms with van der Waals surface area (Å²) in [7, 11) is 6.43. The molecule has 1 saturated carbocycles. The molecule has 0 amide bonds. The van der Waals surface area contributed by atoms with Crippen LogP contribution in [0.25, 0.3) is 0 Å². The van der Waals surface area contributed by atoms with E-state index in [1.807, 2.05) is 13.8 Å². The minimum Gasteiger partial charge on any atom is -0.391 e. The predicted molar refractivity (Wildman–Crippen MR) is 157 cm³/mol. The highest BCUT2D eigenvalue weighted by atomic mass is 16.8. The van der Waals surface area contributed by atoms with E-state index in [2.05, 4.69) is 0 Å². The van der Waals surface area contributed by atoms with Crippen molar-refractivity contribution >= 4 is 7.85 Å². The summed E-state index contributed by atoms with van der Waals surface area (Å²) in [6, 6.07) is -1.84. The zero-order chi connectivity index (χ0) is 33.6. The largest absolute Gasteiger partial charge is 0.391 e. The Kier molecular flexibility index (Phi) is 11.1. The number of hydrogen-bond donors (Lipinski definition) is 8. The molecule has 4 heterocycles. The lowest BCUT2D eigenvalue weighted by Gasteiger charge is -2.49. The van der Waals surface area contributed by atoms with Crippen LogP contribution in [-0.2, 0) is 33.2 Å². The van der Waals surface area contributed by atoms with Gasteiger partial charge in [0.25, 0.3) is 0 Å². The molecule has 0 spiro atoms. The molecule has 21 atom stereocenters. The normalized spacial score (nSPS) is 56.3. The van der Waals surface area contributed by atoms with Crippen LogP contribution in [0.1, 0.15) is 48.3 Å². The van der Waals surface area contributed by atoms with Gasteiger partial charge in [-0.15, -0.1) is 0 Å². The van der Waals surface area contributed by atoms with Crippen molar-refractivity contribution in [3.05, 3.63) is 0 Å². The van der Waals surface area contributed by atoms with Crippen LogP contribution in [-0.4, -0.2) is 150 Å². The summed E-state index contributed by atoms with van der Waals surface area (Å²) < 4.78 is 50.4. The number of ether oxygens (including phenoxy) is 7. The van der Waals surface area contributed by atoms with Gasteiger partial charge >= 0.3 is 0 Å². The van der Waals surface area contributed by atoms with E-state index in [1.165, 1.54) is 0 Å². The van der Waals surface area contributed by atoms with Crippen molar-refractivity contribution in [3.8, 4) is 0 Å². The summed E-state index contributed by atoms with van der Waals surface area (Å²) in [6.07, 6.45) is -14.7. The second-order valence-electron chi connectivity index (χ2n) is 13.5. The molecule has 1 aliphatic carbocycles. The average Bonchev–Trinajstić information content (AvgIpc) is 3.24. The number of rotatable bonds is 7. The first-order valence-electron chi connectivity index (χ1n) is 16.7. The second-order valence-corrected chi connectivity index (χ2v) is 13.5. The van der Waals surface area contributed by atoms with Gasteiger partial charge in [0.1, 0.15) is 48.8 Å². The molecule has 4 aliphatic heterocycles. The van der Waals surface area contributed by atoms with Crippen LogP contribution in [0.5, 0.6) is 0 Å². The standard InChI is InChI=1S/C29H52BN3O12/c1-9-5-6-11(3)39-26-19(36)15(30)27(42-22(9)26)44-24-13(32)7-10(2)17(34)25(24)45-29-21(38)23(12(4)40-29)43-28-16(33)20(37)18(35)14(8-31)41-28/h9-29,34-38H,5-8,31-33H2,1-4H3/t9?,10-,11?,12-,13?,14+,15?,16?,17?,18-,19-,20?,21?,22?,23+,24-,25-,26+,27-,28-,29+/m1/s1/i4D. The highest BCUT2D eigenvalue weighted by molar-refractivity contribution is 6.12. The van der Waals surface area contributed by atoms with Gasteiger partial charge in [-0.05, 0) is 44.9 Å². The Morgan fingerprint density at radius 1 is 0.733 bits per heavy atom. The van der Waals surface area contributed by atoms with Crippen molar-refractivity contribution in [3.63, 3.8) is 0 Å². The molecule has 15 nitrogen and oxygen atoms in total. The molecule has 258 valence electrons. The summed E-state index contributed by atoms with van der Waals surface area (Å²) in [4.78, 5) is 0. The molecule has 0 aromatic heterocycles. The minimum atomic E-state index is -1.49. The monoisotopic (exact) mass is 646 g/mol. The van der Waals surface area contributed by atoms with Gasteiger partial charge in [0.2, 0.25) is 0 Å². The zero-order valence-electron chi connectivity index (χ0n) is 27.1. The molecule has 9 unspecified atom stereocenters. The van der Waals surface area contributed by atoms with E-state index in [9.17, 15) is 25.5 Å². The van der Waals surface area contributed by atoms with Crippen LogP contribution < -0.4 is 17.2 Å². The topological polar surface area (TPSA) is 244 Å². The molecule has 5 rings (SSSR count). The maximum atomic E-state index is 11.3. The van der Waals surface area contributed by atoms with E-state index < -0.39 is 110 Å². The number of nitrogens with two attached hydrogens (primary N) is 3. The molecule has 5 fully saturated rings. The van der Waals surface area contributed by atoms with Crippen molar-refractivity contribution in [2.24, 2.45) is 29.0 Å². The van der Waals surface area contributed by atoms with Gasteiger partial charge in [0.15, 0.2) is 18.9 Å². The van der Waals surface area contributed by atoms with Gasteiger partial charge in [-0.3, -0.25) is 0 Å². The second kappa shape index (κ2) is 14.5. The van der Waals surface area contributed by atoms with Crippen molar-refractivity contribution in [2.45, 2.75) is 163 Å². The molecule has 2 radical (unpaired) electrons. The van der Waals surface area contributed by atoms with E-state index in [-0.39, 0.29) is 31.4 Å². The molecule has 0 bridgehead atoms. The first kappa shape index (κ1) is 34.3. The van der Waals surface area contributed by atoms with Gasteiger partial charge in [-0.2, -0.15) is 0 Å². The predicted octanol–water partition coefficient (Wildman–Crippen LogP) is -3.05. The van der Waals surface area contributed by atoms with Crippen LogP contribution in [0.4, 0.5) is 0 Å². The van der Waals surface area contributed by atoms with Crippen LogP contribution in [0.2, 0.25) is 5.82 Å². The summed E-state index contributed by atoms with van der Waals surface area (Å²) in [5.74, 6) is -1.26. The van der Waals surface area contributed by atoms with Gasteiger partial charge < -0.3 is 75.9 Å². The van der Waals surface area contributed by atoms with Crippen LogP contribution in [0, 0.1) is 11.8 Å². The zero-order valence-corrected chi connectivity index (χ0v) is 26.1. The van der Waals surface area contributed by atoms with E-state index in [1.54, 1.807) is 6.92 Å². The molecular formula is C29H52BN3O12. The summed E-state index contributed by atoms with van der Waals surface area (Å²) in [6.45, 7) is 5.30. The van der Waals surface area contributed by atoms with Crippen LogP contribution in [0.3, 0.4) is 0 Å². The van der Waals surface area contributed by atoms with Gasteiger partial charge in [-0.25, -0.2) is 0 Å². The van der Waals surface area contributed by atoms with Gasteiger partial charge in [0.05, 0.1) is 44.4 Å². The Bertz CT molecular complexity index is 998. The Morgan fingerprint density at radius 2 is 1.42 bits per heavy atom. The van der Waals surface area contributed by atoms with Gasteiger partial charge in [-0.1, -0.05) is 13.8 Å². The lowest BCUT2D eigenvalue weighted by Crippen LogP contribution is -2.64. The van der Waals surface area contributed by atoms with E-state index in [4.69, 9.17) is 59.6 Å². The smallest absolute Gasteiger partial charge is 0.187 e. The van der Waals surface area contributed by atoms with E-state index >= 15 is 0 Å². The fraction of sp³-hybridized carbons (Fsp3) is 1.00. The maximum absolute atomic E-state index is 11.3. The number of aliphatic hydroxyl groups is 5. The van der Waals surface area contributed by atoms with Gasteiger partial charge in [0, 0.05) is 19.8 Å². The molecule has 0 aromatic carbocycles. The molecule has 16 heteroatoms. The molecule has 11 N–H and O–H groups in total. The molecule has 0 aromatic rings. The average molecular weight is 647 g/mol. The Hall–Kier alpha value is -0.535. The third kappa shape index (κ3) is 7.12. The highest BCUT2D eigenvalue weighted by Crippen LogP contribution is 2.41. The Labute approximate surface area is 266 Å². The summed E-state index contributed by atoms with van der Waals surface area (Å²) in [5, 5.41) is 54.4. The van der Waals surface area contributed by atoms with E-state index in [0.717, 1.165) is 12.8 Å². The maximum Gasteiger partial charge on any atom is 0.187 e. The molecule has 4 saturated heterocycles. The number of hydrogen-bond acceptors (Lipinski definition) is 15. The Balaban J connectivity index is 1.31. The fourth-order valence-corrected chi connectivity index (χ4v) is 7.16. The van der Waals surface area contributed by atoms with Crippen LogP contribution in [0.15, 0.2) is 0 Å². The minimum absolute atomic E-state index is 0.0485. The third-order valence-electron chi connectivity index (χ3n) is 10.1. The lowest BCUT2D eigenvalue weighted by molar-refractivity contribution is -0.312. The SMILES string of the molecule is [2H]C[C@H]1O[C@@H](O[C@@H]2C(O)[C@H](C)CC(N)[C@H]2O[C@H]2OC3C(C)CCC(C)O[C@H]3[C@H](O)C2[B])C(O)[C@H]1O[C@H]1O[C@@H](CN)[C@@H](O)C(O)C1N. The van der Waals surface area contributed by atoms with Crippen LogP contribution >= 0.6 is 0 Å². The first-order valence-corrected chi connectivity index (χ1v) is 16.0. The third-order valence-corrected chi connectivity index (χ3v) is 10.1. The summed E-state index contributed by atoms with van der Waals surface area (Å²) >= 11 is 0. The lowest BCUT2D eigenvalue weighted by atomic mass is 9.74.